The largest absolute Gasteiger partial charge is 0.490 e. The zero-order valence-electron chi connectivity index (χ0n) is 12.4. The topological polar surface area (TPSA) is 75.9 Å². The summed E-state index contributed by atoms with van der Waals surface area (Å²) in [5.74, 6) is 0.508. The lowest BCUT2D eigenvalue weighted by atomic mass is 10.3. The number of nitrogens with zero attached hydrogens (tertiary/aromatic N) is 2. The Hall–Kier alpha value is -2.08. The van der Waals surface area contributed by atoms with Gasteiger partial charge in [0.15, 0.2) is 11.4 Å². The van der Waals surface area contributed by atoms with Crippen molar-refractivity contribution in [2.45, 2.75) is 26.7 Å². The van der Waals surface area contributed by atoms with Gasteiger partial charge >= 0.3 is 0 Å². The van der Waals surface area contributed by atoms with E-state index in [-0.39, 0.29) is 12.5 Å². The van der Waals surface area contributed by atoms with E-state index >= 15 is 0 Å². The first kappa shape index (κ1) is 15.3. The molecule has 0 bridgehead atoms. The molecule has 0 saturated heterocycles. The van der Waals surface area contributed by atoms with Gasteiger partial charge in [-0.3, -0.25) is 9.20 Å². The van der Waals surface area contributed by atoms with Crippen molar-refractivity contribution in [1.29, 1.82) is 0 Å². The Bertz CT molecular complexity index is 622. The van der Waals surface area contributed by atoms with Crippen LogP contribution in [0.25, 0.3) is 5.65 Å². The minimum absolute atomic E-state index is 0.141. The highest BCUT2D eigenvalue weighted by molar-refractivity contribution is 5.94. The Balaban J connectivity index is 2.25. The molecule has 0 aliphatic carbocycles. The second-order valence-electron chi connectivity index (χ2n) is 4.73. The number of amides is 1. The molecule has 2 heterocycles. The lowest BCUT2D eigenvalue weighted by Crippen LogP contribution is -2.26. The SMILES string of the molecule is CCOc1cccn2c(C(=O)NCCCCO)c(C)nc12. The van der Waals surface area contributed by atoms with Gasteiger partial charge in [0.05, 0.1) is 12.3 Å². The van der Waals surface area contributed by atoms with Gasteiger partial charge in [-0.1, -0.05) is 0 Å². The highest BCUT2D eigenvalue weighted by Gasteiger charge is 2.18. The molecule has 2 aromatic rings. The third-order valence-electron chi connectivity index (χ3n) is 3.17. The Morgan fingerprint density at radius 2 is 2.29 bits per heavy atom. The molecular formula is C15H21N3O3. The molecule has 0 unspecified atom stereocenters. The average molecular weight is 291 g/mol. The average Bonchev–Trinajstić information content (AvgIpc) is 2.81. The summed E-state index contributed by atoms with van der Waals surface area (Å²) >= 11 is 0. The molecule has 0 radical (unpaired) electrons. The molecule has 0 aliphatic rings. The summed E-state index contributed by atoms with van der Waals surface area (Å²) in [6, 6.07) is 3.68. The van der Waals surface area contributed by atoms with E-state index < -0.39 is 0 Å². The smallest absolute Gasteiger partial charge is 0.270 e. The molecule has 0 atom stereocenters. The normalized spacial score (nSPS) is 10.8. The van der Waals surface area contributed by atoms with Crippen molar-refractivity contribution < 1.29 is 14.6 Å². The molecule has 6 nitrogen and oxygen atoms in total. The zero-order valence-corrected chi connectivity index (χ0v) is 12.4. The summed E-state index contributed by atoms with van der Waals surface area (Å²) in [4.78, 5) is 16.7. The number of nitrogens with one attached hydrogen (secondary N) is 1. The predicted octanol–water partition coefficient (Wildman–Crippen LogP) is 1.54. The number of carbonyl (C=O) groups is 1. The fourth-order valence-electron chi connectivity index (χ4n) is 2.22. The van der Waals surface area contributed by atoms with Crippen LogP contribution in [0.2, 0.25) is 0 Å². The number of pyridine rings is 1. The number of fused-ring (bicyclic) bond motifs is 1. The molecule has 114 valence electrons. The molecule has 0 saturated carbocycles. The lowest BCUT2D eigenvalue weighted by molar-refractivity contribution is 0.0945. The summed E-state index contributed by atoms with van der Waals surface area (Å²) < 4.78 is 7.29. The van der Waals surface area contributed by atoms with Gasteiger partial charge in [-0.25, -0.2) is 4.98 Å². The maximum absolute atomic E-state index is 12.3. The second kappa shape index (κ2) is 7.08. The van der Waals surface area contributed by atoms with Crippen molar-refractivity contribution in [2.24, 2.45) is 0 Å². The van der Waals surface area contributed by atoms with Crippen molar-refractivity contribution >= 4 is 11.6 Å². The fraction of sp³-hybridized carbons (Fsp3) is 0.467. The third-order valence-corrected chi connectivity index (χ3v) is 3.17. The van der Waals surface area contributed by atoms with Gasteiger partial charge in [-0.05, 0) is 38.8 Å². The molecule has 21 heavy (non-hydrogen) atoms. The Labute approximate surface area is 123 Å². The summed E-state index contributed by atoms with van der Waals surface area (Å²) in [6.07, 6.45) is 3.24. The Morgan fingerprint density at radius 1 is 1.48 bits per heavy atom. The first-order chi connectivity index (χ1) is 10.2. The van der Waals surface area contributed by atoms with E-state index in [1.807, 2.05) is 26.0 Å². The number of unbranched alkanes of at least 4 members (excludes halogenated alkanes) is 1. The van der Waals surface area contributed by atoms with Crippen LogP contribution in [0.15, 0.2) is 18.3 Å². The molecule has 2 N–H and O–H groups in total. The van der Waals surface area contributed by atoms with E-state index in [1.54, 1.807) is 10.6 Å². The number of rotatable bonds is 7. The first-order valence-electron chi connectivity index (χ1n) is 7.18. The van der Waals surface area contributed by atoms with Crippen LogP contribution in [-0.2, 0) is 0 Å². The highest BCUT2D eigenvalue weighted by Crippen LogP contribution is 2.21. The van der Waals surface area contributed by atoms with E-state index in [4.69, 9.17) is 9.84 Å². The fourth-order valence-corrected chi connectivity index (χ4v) is 2.22. The van der Waals surface area contributed by atoms with Crippen LogP contribution < -0.4 is 10.1 Å². The summed E-state index contributed by atoms with van der Waals surface area (Å²) in [7, 11) is 0. The molecule has 1 amide bonds. The number of hydrogen-bond acceptors (Lipinski definition) is 4. The van der Waals surface area contributed by atoms with Crippen LogP contribution in [-0.4, -0.2) is 40.2 Å². The maximum atomic E-state index is 12.3. The number of aliphatic hydroxyl groups is 1. The predicted molar refractivity (Wildman–Crippen MR) is 79.8 cm³/mol. The molecule has 0 spiro atoms. The van der Waals surface area contributed by atoms with Crippen LogP contribution in [0.5, 0.6) is 5.75 Å². The summed E-state index contributed by atoms with van der Waals surface area (Å²) in [6.45, 7) is 4.95. The number of aliphatic hydroxyl groups excluding tert-OH is 1. The lowest BCUT2D eigenvalue weighted by Gasteiger charge is -2.07. The minimum Gasteiger partial charge on any atom is -0.490 e. The van der Waals surface area contributed by atoms with Gasteiger partial charge in [0.1, 0.15) is 5.69 Å². The van der Waals surface area contributed by atoms with Crippen LogP contribution in [0, 0.1) is 6.92 Å². The number of imidazole rings is 1. The van der Waals surface area contributed by atoms with Crippen molar-refractivity contribution in [1.82, 2.24) is 14.7 Å². The first-order valence-corrected chi connectivity index (χ1v) is 7.18. The van der Waals surface area contributed by atoms with Gasteiger partial charge in [0.2, 0.25) is 0 Å². The monoisotopic (exact) mass is 291 g/mol. The molecule has 0 aromatic carbocycles. The standard InChI is InChI=1S/C15H21N3O3/c1-3-21-12-7-6-9-18-13(11(2)17-14(12)18)15(20)16-8-4-5-10-19/h6-7,9,19H,3-5,8,10H2,1-2H3,(H,16,20). The van der Waals surface area contributed by atoms with E-state index in [9.17, 15) is 4.79 Å². The van der Waals surface area contributed by atoms with E-state index in [0.717, 1.165) is 6.42 Å². The minimum atomic E-state index is -0.161. The van der Waals surface area contributed by atoms with Crippen molar-refractivity contribution in [3.8, 4) is 5.75 Å². The molecule has 6 heteroatoms. The van der Waals surface area contributed by atoms with Crippen LogP contribution in [0.4, 0.5) is 0 Å². The van der Waals surface area contributed by atoms with E-state index in [1.165, 1.54) is 0 Å². The van der Waals surface area contributed by atoms with Crippen molar-refractivity contribution in [3.05, 3.63) is 29.7 Å². The number of ether oxygens (including phenoxy) is 1. The van der Waals surface area contributed by atoms with Gasteiger partial charge in [-0.15, -0.1) is 0 Å². The van der Waals surface area contributed by atoms with Crippen LogP contribution in [0.3, 0.4) is 0 Å². The summed E-state index contributed by atoms with van der Waals surface area (Å²) in [5, 5.41) is 11.6. The molecule has 0 fully saturated rings. The molecule has 2 aromatic heterocycles. The second-order valence-corrected chi connectivity index (χ2v) is 4.73. The molecule has 0 aliphatic heterocycles. The quantitative estimate of drug-likeness (QED) is 0.759. The number of carbonyl (C=O) groups excluding carboxylic acids is 1. The molecule has 2 rings (SSSR count). The highest BCUT2D eigenvalue weighted by atomic mass is 16.5. The van der Waals surface area contributed by atoms with Crippen LogP contribution >= 0.6 is 0 Å². The third kappa shape index (κ3) is 3.33. The van der Waals surface area contributed by atoms with Gasteiger partial charge in [-0.2, -0.15) is 0 Å². The van der Waals surface area contributed by atoms with Gasteiger partial charge < -0.3 is 15.2 Å². The zero-order chi connectivity index (χ0) is 15.2. The number of aromatic nitrogens is 2. The summed E-state index contributed by atoms with van der Waals surface area (Å²) in [5.41, 5.74) is 1.84. The van der Waals surface area contributed by atoms with Gasteiger partial charge in [0.25, 0.3) is 5.91 Å². The van der Waals surface area contributed by atoms with E-state index in [0.29, 0.717) is 42.4 Å². The Morgan fingerprint density at radius 3 is 3.00 bits per heavy atom. The van der Waals surface area contributed by atoms with Crippen molar-refractivity contribution in [2.75, 3.05) is 19.8 Å². The van der Waals surface area contributed by atoms with E-state index in [2.05, 4.69) is 10.3 Å². The number of hydrogen-bond donors (Lipinski definition) is 2. The Kier molecular flexibility index (Phi) is 5.16. The number of aryl methyl sites for hydroxylation is 1. The molecular weight excluding hydrogens is 270 g/mol. The van der Waals surface area contributed by atoms with Crippen LogP contribution in [0.1, 0.15) is 35.9 Å². The maximum Gasteiger partial charge on any atom is 0.270 e. The van der Waals surface area contributed by atoms with Gasteiger partial charge in [0, 0.05) is 19.3 Å². The van der Waals surface area contributed by atoms with Crippen molar-refractivity contribution in [3.63, 3.8) is 0 Å².